The Kier molecular flexibility index (Phi) is 6.19. The lowest BCUT2D eigenvalue weighted by atomic mass is 10.2. The lowest BCUT2D eigenvalue weighted by Gasteiger charge is -2.24. The summed E-state index contributed by atoms with van der Waals surface area (Å²) in [6.07, 6.45) is -1.37. The van der Waals surface area contributed by atoms with Gasteiger partial charge < -0.3 is 9.47 Å². The standard InChI is InChI=1S/C17H16ClFN2O4/c1-24-16(22)20-14-8-5-12(18)9-15(14)21(17(23)25-2)10-11-3-6-13(19)7-4-11/h3-9H,10H2,1-2H3,(H,20,22). The number of carbonyl (C=O) groups excluding carboxylic acids is 2. The summed E-state index contributed by atoms with van der Waals surface area (Å²) in [7, 11) is 2.46. The maximum atomic E-state index is 13.1. The largest absolute Gasteiger partial charge is 0.453 e. The highest BCUT2D eigenvalue weighted by atomic mass is 35.5. The second-order valence-corrected chi connectivity index (χ2v) is 5.40. The van der Waals surface area contributed by atoms with E-state index in [1.54, 1.807) is 18.2 Å². The van der Waals surface area contributed by atoms with Gasteiger partial charge in [0.2, 0.25) is 0 Å². The summed E-state index contributed by atoms with van der Waals surface area (Å²) < 4.78 is 22.5. The Labute approximate surface area is 149 Å². The van der Waals surface area contributed by atoms with Gasteiger partial charge in [0.05, 0.1) is 32.1 Å². The molecule has 132 valence electrons. The van der Waals surface area contributed by atoms with E-state index in [0.717, 1.165) is 0 Å². The summed E-state index contributed by atoms with van der Waals surface area (Å²) >= 11 is 6.03. The van der Waals surface area contributed by atoms with Gasteiger partial charge in [-0.15, -0.1) is 0 Å². The lowest BCUT2D eigenvalue weighted by molar-refractivity contribution is 0.178. The summed E-state index contributed by atoms with van der Waals surface area (Å²) in [5.74, 6) is -0.385. The number of benzene rings is 2. The zero-order chi connectivity index (χ0) is 18.4. The molecule has 0 fully saturated rings. The number of carbonyl (C=O) groups is 2. The van der Waals surface area contributed by atoms with E-state index in [2.05, 4.69) is 10.1 Å². The van der Waals surface area contributed by atoms with Gasteiger partial charge in [-0.3, -0.25) is 10.2 Å². The molecule has 0 aliphatic heterocycles. The Morgan fingerprint density at radius 1 is 1.12 bits per heavy atom. The molecule has 25 heavy (non-hydrogen) atoms. The predicted molar refractivity (Wildman–Crippen MR) is 92.5 cm³/mol. The maximum Gasteiger partial charge on any atom is 0.414 e. The molecule has 0 atom stereocenters. The molecule has 0 saturated heterocycles. The Morgan fingerprint density at radius 3 is 2.40 bits per heavy atom. The molecule has 0 spiro atoms. The molecule has 2 aromatic rings. The van der Waals surface area contributed by atoms with Crippen LogP contribution in [0.25, 0.3) is 0 Å². The van der Waals surface area contributed by atoms with Crippen LogP contribution in [0, 0.1) is 5.82 Å². The van der Waals surface area contributed by atoms with Crippen LogP contribution in [-0.4, -0.2) is 26.4 Å². The average molecular weight is 367 g/mol. The normalized spacial score (nSPS) is 10.1. The van der Waals surface area contributed by atoms with Crippen LogP contribution < -0.4 is 10.2 Å². The van der Waals surface area contributed by atoms with Crippen molar-refractivity contribution in [2.24, 2.45) is 0 Å². The summed E-state index contributed by atoms with van der Waals surface area (Å²) in [5, 5.41) is 2.87. The molecular formula is C17H16ClFN2O4. The molecule has 1 N–H and O–H groups in total. The second kappa shape index (κ2) is 8.34. The summed E-state index contributed by atoms with van der Waals surface area (Å²) in [5.41, 5.74) is 1.29. The number of rotatable bonds is 4. The van der Waals surface area contributed by atoms with Gasteiger partial charge in [0.25, 0.3) is 0 Å². The number of ether oxygens (including phenoxy) is 2. The van der Waals surface area contributed by atoms with Crippen molar-refractivity contribution in [3.05, 3.63) is 58.9 Å². The number of halogens is 2. The molecule has 0 aromatic heterocycles. The van der Waals surface area contributed by atoms with E-state index in [-0.39, 0.29) is 12.4 Å². The van der Waals surface area contributed by atoms with E-state index in [1.165, 1.54) is 43.4 Å². The zero-order valence-corrected chi connectivity index (χ0v) is 14.3. The Balaban J connectivity index is 2.42. The predicted octanol–water partition coefficient (Wildman–Crippen LogP) is 4.43. The van der Waals surface area contributed by atoms with E-state index in [1.807, 2.05) is 0 Å². The highest BCUT2D eigenvalue weighted by molar-refractivity contribution is 6.31. The molecule has 8 heteroatoms. The minimum absolute atomic E-state index is 0.0865. The van der Waals surface area contributed by atoms with Crippen LogP contribution in [0.3, 0.4) is 0 Å². The summed E-state index contributed by atoms with van der Waals surface area (Å²) in [6, 6.07) is 10.3. The van der Waals surface area contributed by atoms with Gasteiger partial charge in [0, 0.05) is 5.02 Å². The van der Waals surface area contributed by atoms with Gasteiger partial charge in [-0.25, -0.2) is 14.0 Å². The third-order valence-corrected chi connectivity index (χ3v) is 3.56. The first-order chi connectivity index (χ1) is 11.9. The number of methoxy groups -OCH3 is 2. The Bertz CT molecular complexity index is 768. The molecule has 0 saturated carbocycles. The third kappa shape index (κ3) is 4.84. The molecule has 0 unspecified atom stereocenters. The topological polar surface area (TPSA) is 67.9 Å². The lowest BCUT2D eigenvalue weighted by Crippen LogP contribution is -2.31. The van der Waals surface area contributed by atoms with Gasteiger partial charge in [-0.1, -0.05) is 23.7 Å². The minimum Gasteiger partial charge on any atom is -0.453 e. The smallest absolute Gasteiger partial charge is 0.414 e. The Morgan fingerprint density at radius 2 is 1.80 bits per heavy atom. The highest BCUT2D eigenvalue weighted by Crippen LogP contribution is 2.31. The fourth-order valence-electron chi connectivity index (χ4n) is 2.13. The zero-order valence-electron chi connectivity index (χ0n) is 13.6. The Hall–Kier alpha value is -2.80. The van der Waals surface area contributed by atoms with E-state index >= 15 is 0 Å². The first-order valence-electron chi connectivity index (χ1n) is 7.19. The second-order valence-electron chi connectivity index (χ2n) is 4.96. The molecule has 0 heterocycles. The van der Waals surface area contributed by atoms with E-state index in [0.29, 0.717) is 22.0 Å². The van der Waals surface area contributed by atoms with E-state index in [4.69, 9.17) is 16.3 Å². The molecule has 2 rings (SSSR count). The van der Waals surface area contributed by atoms with Crippen molar-refractivity contribution in [3.63, 3.8) is 0 Å². The van der Waals surface area contributed by atoms with E-state index < -0.39 is 12.2 Å². The van der Waals surface area contributed by atoms with Crippen LogP contribution in [0.15, 0.2) is 42.5 Å². The molecule has 0 bridgehead atoms. The van der Waals surface area contributed by atoms with Gasteiger partial charge in [-0.05, 0) is 35.9 Å². The molecule has 0 radical (unpaired) electrons. The van der Waals surface area contributed by atoms with Gasteiger partial charge in [-0.2, -0.15) is 0 Å². The van der Waals surface area contributed by atoms with Crippen molar-refractivity contribution in [3.8, 4) is 0 Å². The van der Waals surface area contributed by atoms with Crippen molar-refractivity contribution in [1.29, 1.82) is 0 Å². The van der Waals surface area contributed by atoms with Crippen LogP contribution in [-0.2, 0) is 16.0 Å². The van der Waals surface area contributed by atoms with Crippen LogP contribution in [0.1, 0.15) is 5.56 Å². The fourth-order valence-corrected chi connectivity index (χ4v) is 2.29. The molecule has 2 amide bonds. The monoisotopic (exact) mass is 366 g/mol. The van der Waals surface area contributed by atoms with Crippen molar-refractivity contribution < 1.29 is 23.5 Å². The highest BCUT2D eigenvalue weighted by Gasteiger charge is 2.21. The summed E-state index contributed by atoms with van der Waals surface area (Å²) in [4.78, 5) is 25.0. The molecule has 6 nitrogen and oxygen atoms in total. The number of amides is 2. The molecule has 0 aliphatic carbocycles. The number of nitrogens with zero attached hydrogens (tertiary/aromatic N) is 1. The number of nitrogens with one attached hydrogen (secondary N) is 1. The van der Waals surface area contributed by atoms with Crippen molar-refractivity contribution in [2.45, 2.75) is 6.54 Å². The van der Waals surface area contributed by atoms with Gasteiger partial charge >= 0.3 is 12.2 Å². The number of hydrogen-bond donors (Lipinski definition) is 1. The number of anilines is 2. The van der Waals surface area contributed by atoms with Crippen LogP contribution in [0.5, 0.6) is 0 Å². The average Bonchev–Trinajstić information content (AvgIpc) is 2.62. The SMILES string of the molecule is COC(=O)Nc1ccc(Cl)cc1N(Cc1ccc(F)cc1)C(=O)OC. The number of hydrogen-bond acceptors (Lipinski definition) is 4. The van der Waals surface area contributed by atoms with Crippen molar-refractivity contribution in [1.82, 2.24) is 0 Å². The van der Waals surface area contributed by atoms with Gasteiger partial charge in [0.1, 0.15) is 5.82 Å². The third-order valence-electron chi connectivity index (χ3n) is 3.32. The molecule has 0 aliphatic rings. The quantitative estimate of drug-likeness (QED) is 0.869. The fraction of sp³-hybridized carbons (Fsp3) is 0.176. The first kappa shape index (κ1) is 18.5. The van der Waals surface area contributed by atoms with Crippen LogP contribution in [0.4, 0.5) is 25.4 Å². The van der Waals surface area contributed by atoms with E-state index in [9.17, 15) is 14.0 Å². The first-order valence-corrected chi connectivity index (χ1v) is 7.57. The molecular weight excluding hydrogens is 351 g/mol. The van der Waals surface area contributed by atoms with Crippen LogP contribution >= 0.6 is 11.6 Å². The van der Waals surface area contributed by atoms with Crippen molar-refractivity contribution in [2.75, 3.05) is 24.4 Å². The van der Waals surface area contributed by atoms with Crippen LogP contribution in [0.2, 0.25) is 5.02 Å². The minimum atomic E-state index is -0.699. The molecule has 2 aromatic carbocycles. The maximum absolute atomic E-state index is 13.1. The van der Waals surface area contributed by atoms with Gasteiger partial charge in [0.15, 0.2) is 0 Å². The van der Waals surface area contributed by atoms with Crippen molar-refractivity contribution >= 4 is 35.2 Å². The summed E-state index contributed by atoms with van der Waals surface area (Å²) in [6.45, 7) is 0.0865.